The average molecular weight is 214 g/mol. The zero-order chi connectivity index (χ0) is 11.1. The van der Waals surface area contributed by atoms with Gasteiger partial charge in [0.25, 0.3) is 0 Å². The van der Waals surface area contributed by atoms with Gasteiger partial charge in [0.15, 0.2) is 0 Å². The predicted molar refractivity (Wildman–Crippen MR) is 59.8 cm³/mol. The number of piperidine rings is 1. The molecule has 0 aliphatic carbocycles. The van der Waals surface area contributed by atoms with Crippen molar-refractivity contribution in [1.29, 1.82) is 0 Å². The number of ether oxygens (including phenoxy) is 1. The second kappa shape index (κ2) is 6.80. The molecular formula is C11H22N2O2. The summed E-state index contributed by atoms with van der Waals surface area (Å²) >= 11 is 0. The molecule has 1 amide bonds. The smallest absolute Gasteiger partial charge is 0.248 e. The Morgan fingerprint density at radius 2 is 2.13 bits per heavy atom. The molecule has 0 unspecified atom stereocenters. The zero-order valence-corrected chi connectivity index (χ0v) is 9.79. The van der Waals surface area contributed by atoms with Gasteiger partial charge in [-0.25, -0.2) is 0 Å². The number of hydrogen-bond acceptors (Lipinski definition) is 3. The number of rotatable bonds is 5. The molecule has 1 N–H and O–H groups in total. The van der Waals surface area contributed by atoms with Crippen LogP contribution in [0, 0.1) is 0 Å². The highest BCUT2D eigenvalue weighted by atomic mass is 16.5. The summed E-state index contributed by atoms with van der Waals surface area (Å²) in [6.07, 6.45) is 3.07. The molecule has 0 aromatic carbocycles. The highest BCUT2D eigenvalue weighted by Gasteiger charge is 2.21. The van der Waals surface area contributed by atoms with Crippen LogP contribution in [0.25, 0.3) is 0 Å². The molecule has 0 aromatic rings. The van der Waals surface area contributed by atoms with Crippen LogP contribution >= 0.6 is 0 Å². The first kappa shape index (κ1) is 12.5. The lowest BCUT2D eigenvalue weighted by molar-refractivity contribution is -0.137. The second-order valence-electron chi connectivity index (χ2n) is 4.00. The van der Waals surface area contributed by atoms with Crippen LogP contribution in [0.4, 0.5) is 0 Å². The van der Waals surface area contributed by atoms with Gasteiger partial charge in [0.1, 0.15) is 6.61 Å². The van der Waals surface area contributed by atoms with Crippen molar-refractivity contribution in [2.45, 2.75) is 32.2 Å². The average Bonchev–Trinajstić information content (AvgIpc) is 2.29. The first-order valence-electron chi connectivity index (χ1n) is 5.80. The molecule has 88 valence electrons. The van der Waals surface area contributed by atoms with Crippen LogP contribution in [-0.4, -0.2) is 50.2 Å². The number of likely N-dealkylation sites (tertiary alicyclic amines) is 1. The minimum Gasteiger partial charge on any atom is -0.372 e. The summed E-state index contributed by atoms with van der Waals surface area (Å²) in [5.41, 5.74) is 0. The fourth-order valence-electron chi connectivity index (χ4n) is 1.81. The third kappa shape index (κ3) is 4.18. The summed E-state index contributed by atoms with van der Waals surface area (Å²) in [6.45, 7) is 4.69. The van der Waals surface area contributed by atoms with Gasteiger partial charge in [-0.3, -0.25) is 4.79 Å². The Bertz CT molecular complexity index is 189. The molecule has 4 nitrogen and oxygen atoms in total. The zero-order valence-electron chi connectivity index (χ0n) is 9.79. The molecule has 1 aliphatic heterocycles. The minimum absolute atomic E-state index is 0.137. The van der Waals surface area contributed by atoms with Gasteiger partial charge in [-0.1, -0.05) is 6.92 Å². The van der Waals surface area contributed by atoms with Crippen LogP contribution in [-0.2, 0) is 9.53 Å². The van der Waals surface area contributed by atoms with Crippen LogP contribution in [0.15, 0.2) is 0 Å². The van der Waals surface area contributed by atoms with E-state index in [0.717, 1.165) is 32.4 Å². The van der Waals surface area contributed by atoms with Gasteiger partial charge in [0.05, 0.1) is 0 Å². The Balaban J connectivity index is 2.18. The first-order valence-corrected chi connectivity index (χ1v) is 5.80. The van der Waals surface area contributed by atoms with E-state index in [2.05, 4.69) is 5.32 Å². The van der Waals surface area contributed by atoms with E-state index in [9.17, 15) is 4.79 Å². The Labute approximate surface area is 92.0 Å². The van der Waals surface area contributed by atoms with Crippen molar-refractivity contribution in [3.8, 4) is 0 Å². The highest BCUT2D eigenvalue weighted by Crippen LogP contribution is 2.09. The fraction of sp³-hybridized carbons (Fsp3) is 0.909. The van der Waals surface area contributed by atoms with Crippen molar-refractivity contribution in [3.63, 3.8) is 0 Å². The molecule has 1 heterocycles. The summed E-state index contributed by atoms with van der Waals surface area (Å²) < 4.78 is 5.24. The summed E-state index contributed by atoms with van der Waals surface area (Å²) in [6, 6.07) is 0.575. The first-order chi connectivity index (χ1) is 7.27. The highest BCUT2D eigenvalue weighted by molar-refractivity contribution is 5.77. The second-order valence-corrected chi connectivity index (χ2v) is 4.00. The molecule has 1 saturated heterocycles. The van der Waals surface area contributed by atoms with Gasteiger partial charge in [0.2, 0.25) is 5.91 Å². The largest absolute Gasteiger partial charge is 0.372 e. The number of hydrogen-bond donors (Lipinski definition) is 1. The van der Waals surface area contributed by atoms with E-state index in [0.29, 0.717) is 12.6 Å². The van der Waals surface area contributed by atoms with E-state index in [1.165, 1.54) is 0 Å². The molecule has 0 radical (unpaired) electrons. The number of nitrogens with one attached hydrogen (secondary N) is 1. The van der Waals surface area contributed by atoms with Crippen molar-refractivity contribution in [2.75, 3.05) is 33.4 Å². The van der Waals surface area contributed by atoms with Crippen molar-refractivity contribution in [1.82, 2.24) is 10.2 Å². The maximum atomic E-state index is 11.6. The molecule has 0 atom stereocenters. The van der Waals surface area contributed by atoms with Gasteiger partial charge >= 0.3 is 0 Å². The van der Waals surface area contributed by atoms with Crippen LogP contribution in [0.3, 0.4) is 0 Å². The van der Waals surface area contributed by atoms with Crippen molar-refractivity contribution < 1.29 is 9.53 Å². The summed E-state index contributed by atoms with van der Waals surface area (Å²) in [7, 11) is 1.98. The van der Waals surface area contributed by atoms with Crippen LogP contribution in [0.2, 0.25) is 0 Å². The Kier molecular flexibility index (Phi) is 5.65. The minimum atomic E-state index is 0.137. The molecule has 4 heteroatoms. The lowest BCUT2D eigenvalue weighted by Crippen LogP contribution is -2.45. The number of carbonyl (C=O) groups excluding carboxylic acids is 1. The van der Waals surface area contributed by atoms with Crippen LogP contribution < -0.4 is 5.32 Å². The van der Waals surface area contributed by atoms with E-state index in [-0.39, 0.29) is 12.5 Å². The monoisotopic (exact) mass is 214 g/mol. The van der Waals surface area contributed by atoms with Crippen molar-refractivity contribution in [2.24, 2.45) is 0 Å². The maximum Gasteiger partial charge on any atom is 0.248 e. The SMILES string of the molecule is CCCOCC(=O)N1CCC(NC)CC1. The fourth-order valence-corrected chi connectivity index (χ4v) is 1.81. The van der Waals surface area contributed by atoms with Gasteiger partial charge in [-0.2, -0.15) is 0 Å². The van der Waals surface area contributed by atoms with Gasteiger partial charge in [-0.05, 0) is 26.3 Å². The van der Waals surface area contributed by atoms with Crippen molar-refractivity contribution in [3.05, 3.63) is 0 Å². The predicted octanol–water partition coefficient (Wildman–Crippen LogP) is 0.623. The molecule has 1 rings (SSSR count). The van der Waals surface area contributed by atoms with E-state index >= 15 is 0 Å². The van der Waals surface area contributed by atoms with E-state index in [1.54, 1.807) is 0 Å². The van der Waals surface area contributed by atoms with E-state index in [1.807, 2.05) is 18.9 Å². The van der Waals surface area contributed by atoms with Crippen molar-refractivity contribution >= 4 is 5.91 Å². The Hall–Kier alpha value is -0.610. The van der Waals surface area contributed by atoms with E-state index < -0.39 is 0 Å². The standard InChI is InChI=1S/C11H22N2O2/c1-3-8-15-9-11(14)13-6-4-10(12-2)5-7-13/h10,12H,3-9H2,1-2H3. The molecule has 0 saturated carbocycles. The molecule has 0 aromatic heterocycles. The molecule has 0 spiro atoms. The molecular weight excluding hydrogens is 192 g/mol. The quantitative estimate of drug-likeness (QED) is 0.682. The molecule has 1 fully saturated rings. The lowest BCUT2D eigenvalue weighted by Gasteiger charge is -2.31. The normalized spacial score (nSPS) is 18.1. The number of amides is 1. The Morgan fingerprint density at radius 1 is 1.47 bits per heavy atom. The van der Waals surface area contributed by atoms with Gasteiger partial charge in [-0.15, -0.1) is 0 Å². The lowest BCUT2D eigenvalue weighted by atomic mass is 10.1. The van der Waals surface area contributed by atoms with E-state index in [4.69, 9.17) is 4.74 Å². The summed E-state index contributed by atoms with van der Waals surface area (Å²) in [5, 5.41) is 3.25. The molecule has 0 bridgehead atoms. The third-order valence-electron chi connectivity index (χ3n) is 2.83. The van der Waals surface area contributed by atoms with Crippen LogP contribution in [0.1, 0.15) is 26.2 Å². The Morgan fingerprint density at radius 3 is 2.67 bits per heavy atom. The topological polar surface area (TPSA) is 41.6 Å². The summed E-state index contributed by atoms with van der Waals surface area (Å²) in [5.74, 6) is 0.137. The van der Waals surface area contributed by atoms with Crippen LogP contribution in [0.5, 0.6) is 0 Å². The number of nitrogens with zero attached hydrogens (tertiary/aromatic N) is 1. The molecule has 1 aliphatic rings. The third-order valence-corrected chi connectivity index (χ3v) is 2.83. The maximum absolute atomic E-state index is 11.6. The molecule has 15 heavy (non-hydrogen) atoms. The van der Waals surface area contributed by atoms with Gasteiger partial charge < -0.3 is 15.0 Å². The summed E-state index contributed by atoms with van der Waals surface area (Å²) in [4.78, 5) is 13.6. The number of carbonyl (C=O) groups is 1. The van der Waals surface area contributed by atoms with Gasteiger partial charge in [0, 0.05) is 25.7 Å².